The number of aliphatic hydroxyl groups excluding tert-OH is 1. The number of methoxy groups -OCH3 is 1. The molecule has 0 saturated carbocycles. The number of nitrogens with zero attached hydrogens (tertiary/aromatic N) is 1. The first-order chi connectivity index (χ1) is 11.9. The zero-order valence-electron chi connectivity index (χ0n) is 13.7. The standard InChI is InChI=1S/C19H16ClNO4/c1-21-16(11-3-7-13(20)8-4-11)15(18(23)19(21)24)17(22)12-5-9-14(25-2)10-6-12/h3-10,16,22H,1-2H3/b17-15+/t16-/m1/s1. The van der Waals surface area contributed by atoms with Crippen molar-refractivity contribution in [3.63, 3.8) is 0 Å². The zero-order valence-corrected chi connectivity index (χ0v) is 14.4. The molecule has 2 aromatic rings. The van der Waals surface area contributed by atoms with Gasteiger partial charge in [0.25, 0.3) is 11.7 Å². The molecule has 0 bridgehead atoms. The summed E-state index contributed by atoms with van der Waals surface area (Å²) >= 11 is 5.91. The van der Waals surface area contributed by atoms with Gasteiger partial charge in [0.05, 0.1) is 18.7 Å². The maximum atomic E-state index is 12.4. The lowest BCUT2D eigenvalue weighted by Crippen LogP contribution is -2.24. The van der Waals surface area contributed by atoms with Gasteiger partial charge in [-0.05, 0) is 42.0 Å². The Morgan fingerprint density at radius 1 is 1.08 bits per heavy atom. The maximum absolute atomic E-state index is 12.4. The van der Waals surface area contributed by atoms with Crippen LogP contribution in [0.3, 0.4) is 0 Å². The predicted molar refractivity (Wildman–Crippen MR) is 94.5 cm³/mol. The van der Waals surface area contributed by atoms with Crippen LogP contribution in [0.1, 0.15) is 17.2 Å². The highest BCUT2D eigenvalue weighted by Gasteiger charge is 2.44. The summed E-state index contributed by atoms with van der Waals surface area (Å²) in [6, 6.07) is 12.8. The lowest BCUT2D eigenvalue weighted by molar-refractivity contribution is -0.139. The van der Waals surface area contributed by atoms with Gasteiger partial charge < -0.3 is 14.7 Å². The third-order valence-electron chi connectivity index (χ3n) is 4.22. The van der Waals surface area contributed by atoms with Gasteiger partial charge in [-0.3, -0.25) is 9.59 Å². The number of likely N-dealkylation sites (N-methyl/N-ethyl adjacent to an activating group) is 1. The van der Waals surface area contributed by atoms with Gasteiger partial charge in [0.2, 0.25) is 0 Å². The number of benzene rings is 2. The Balaban J connectivity index is 2.12. The normalized spacial score (nSPS) is 19.3. The minimum Gasteiger partial charge on any atom is -0.507 e. The summed E-state index contributed by atoms with van der Waals surface area (Å²) in [4.78, 5) is 26.0. The molecule has 0 unspecified atom stereocenters. The molecular weight excluding hydrogens is 342 g/mol. The SMILES string of the molecule is COc1ccc(/C(O)=C2\C(=O)C(=O)N(C)[C@@H]2c2ccc(Cl)cc2)cc1. The second-order valence-electron chi connectivity index (χ2n) is 5.69. The Morgan fingerprint density at radius 3 is 2.24 bits per heavy atom. The lowest BCUT2D eigenvalue weighted by atomic mass is 9.95. The number of Topliss-reactive ketones (excluding diaryl/α,β-unsaturated/α-hetero) is 1. The minimum absolute atomic E-state index is 0.0555. The molecule has 128 valence electrons. The monoisotopic (exact) mass is 357 g/mol. The van der Waals surface area contributed by atoms with E-state index < -0.39 is 17.7 Å². The first-order valence-electron chi connectivity index (χ1n) is 7.58. The summed E-state index contributed by atoms with van der Waals surface area (Å²) in [7, 11) is 3.08. The van der Waals surface area contributed by atoms with E-state index in [9.17, 15) is 14.7 Å². The van der Waals surface area contributed by atoms with Crippen LogP contribution in [0.2, 0.25) is 5.02 Å². The number of aliphatic hydroxyl groups is 1. The highest BCUT2D eigenvalue weighted by atomic mass is 35.5. The van der Waals surface area contributed by atoms with Crippen molar-refractivity contribution in [1.29, 1.82) is 0 Å². The molecule has 1 aliphatic heterocycles. The Kier molecular flexibility index (Phi) is 4.51. The van der Waals surface area contributed by atoms with Crippen molar-refractivity contribution in [3.05, 3.63) is 70.3 Å². The number of carbonyl (C=O) groups excluding carboxylic acids is 2. The minimum atomic E-state index is -0.712. The number of hydrogen-bond donors (Lipinski definition) is 1. The summed E-state index contributed by atoms with van der Waals surface area (Å²) in [6.45, 7) is 0. The maximum Gasteiger partial charge on any atom is 0.295 e. The van der Waals surface area contributed by atoms with E-state index in [1.54, 1.807) is 48.5 Å². The first kappa shape index (κ1) is 17.0. The van der Waals surface area contributed by atoms with Crippen LogP contribution in [0.25, 0.3) is 5.76 Å². The third kappa shape index (κ3) is 2.98. The number of ketones is 1. The number of halogens is 1. The van der Waals surface area contributed by atoms with Crippen LogP contribution < -0.4 is 4.74 Å². The number of carbonyl (C=O) groups is 2. The van der Waals surface area contributed by atoms with Crippen LogP contribution in [-0.4, -0.2) is 35.9 Å². The topological polar surface area (TPSA) is 66.8 Å². The van der Waals surface area contributed by atoms with Crippen molar-refractivity contribution < 1.29 is 19.4 Å². The summed E-state index contributed by atoms with van der Waals surface area (Å²) in [5.41, 5.74) is 1.19. The number of likely N-dealkylation sites (tertiary alicyclic amines) is 1. The molecule has 0 aromatic heterocycles. The molecule has 2 aromatic carbocycles. The van der Waals surface area contributed by atoms with Crippen molar-refractivity contribution in [2.75, 3.05) is 14.2 Å². The smallest absolute Gasteiger partial charge is 0.295 e. The van der Waals surface area contributed by atoms with Gasteiger partial charge in [-0.2, -0.15) is 0 Å². The van der Waals surface area contributed by atoms with Crippen LogP contribution in [0, 0.1) is 0 Å². The van der Waals surface area contributed by atoms with Gasteiger partial charge in [0.15, 0.2) is 0 Å². The van der Waals surface area contributed by atoms with Crippen LogP contribution in [0.4, 0.5) is 0 Å². The molecule has 1 aliphatic rings. The summed E-state index contributed by atoms with van der Waals surface area (Å²) < 4.78 is 5.09. The molecule has 1 fully saturated rings. The number of rotatable bonds is 3. The average molecular weight is 358 g/mol. The molecule has 1 saturated heterocycles. The van der Waals surface area contributed by atoms with Crippen LogP contribution >= 0.6 is 11.6 Å². The molecule has 0 spiro atoms. The average Bonchev–Trinajstić information content (AvgIpc) is 2.86. The van der Waals surface area contributed by atoms with E-state index in [2.05, 4.69) is 0 Å². The second-order valence-corrected chi connectivity index (χ2v) is 6.13. The quantitative estimate of drug-likeness (QED) is 0.519. The van der Waals surface area contributed by atoms with Crippen LogP contribution in [-0.2, 0) is 9.59 Å². The van der Waals surface area contributed by atoms with Crippen molar-refractivity contribution in [1.82, 2.24) is 4.90 Å². The van der Waals surface area contributed by atoms with E-state index in [1.165, 1.54) is 19.1 Å². The van der Waals surface area contributed by atoms with E-state index in [0.717, 1.165) is 0 Å². The Morgan fingerprint density at radius 2 is 1.68 bits per heavy atom. The van der Waals surface area contributed by atoms with E-state index >= 15 is 0 Å². The number of hydrogen-bond acceptors (Lipinski definition) is 4. The van der Waals surface area contributed by atoms with Gasteiger partial charge in [-0.1, -0.05) is 23.7 Å². The van der Waals surface area contributed by atoms with Gasteiger partial charge in [-0.15, -0.1) is 0 Å². The molecule has 1 heterocycles. The van der Waals surface area contributed by atoms with Crippen molar-refractivity contribution >= 4 is 29.1 Å². The van der Waals surface area contributed by atoms with Gasteiger partial charge in [0.1, 0.15) is 11.5 Å². The molecule has 3 rings (SSSR count). The fourth-order valence-corrected chi connectivity index (χ4v) is 3.01. The fraction of sp³-hybridized carbons (Fsp3) is 0.158. The van der Waals surface area contributed by atoms with Gasteiger partial charge in [0, 0.05) is 17.6 Å². The molecule has 6 heteroatoms. The Hall–Kier alpha value is -2.79. The highest BCUT2D eigenvalue weighted by molar-refractivity contribution is 6.46. The molecule has 25 heavy (non-hydrogen) atoms. The van der Waals surface area contributed by atoms with Gasteiger partial charge in [-0.25, -0.2) is 0 Å². The van der Waals surface area contributed by atoms with Crippen molar-refractivity contribution in [2.45, 2.75) is 6.04 Å². The highest BCUT2D eigenvalue weighted by Crippen LogP contribution is 2.38. The summed E-state index contributed by atoms with van der Waals surface area (Å²) in [6.07, 6.45) is 0. The van der Waals surface area contributed by atoms with E-state index in [4.69, 9.17) is 16.3 Å². The second kappa shape index (κ2) is 6.61. The largest absolute Gasteiger partial charge is 0.507 e. The van der Waals surface area contributed by atoms with Crippen LogP contribution in [0.15, 0.2) is 54.1 Å². The fourth-order valence-electron chi connectivity index (χ4n) is 2.89. The number of ether oxygens (including phenoxy) is 1. The van der Waals surface area contributed by atoms with Gasteiger partial charge >= 0.3 is 0 Å². The molecule has 1 N–H and O–H groups in total. The third-order valence-corrected chi connectivity index (χ3v) is 4.48. The zero-order chi connectivity index (χ0) is 18.1. The molecular formula is C19H16ClNO4. The van der Waals surface area contributed by atoms with Crippen molar-refractivity contribution in [2.24, 2.45) is 0 Å². The summed E-state index contributed by atoms with van der Waals surface area (Å²) in [5, 5.41) is 11.2. The Bertz CT molecular complexity index is 856. The molecule has 5 nitrogen and oxygen atoms in total. The van der Waals surface area contributed by atoms with E-state index in [0.29, 0.717) is 21.9 Å². The molecule has 1 atom stereocenters. The van der Waals surface area contributed by atoms with E-state index in [-0.39, 0.29) is 11.3 Å². The molecule has 1 amide bonds. The lowest BCUT2D eigenvalue weighted by Gasteiger charge is -2.21. The van der Waals surface area contributed by atoms with Crippen molar-refractivity contribution in [3.8, 4) is 5.75 Å². The van der Waals surface area contributed by atoms with E-state index in [1.807, 2.05) is 0 Å². The predicted octanol–water partition coefficient (Wildman–Crippen LogP) is 3.40. The first-order valence-corrected chi connectivity index (χ1v) is 7.96. The van der Waals surface area contributed by atoms with Crippen LogP contribution in [0.5, 0.6) is 5.75 Å². The number of amides is 1. The Labute approximate surface area is 150 Å². The molecule has 0 radical (unpaired) electrons. The molecule has 0 aliphatic carbocycles. The summed E-state index contributed by atoms with van der Waals surface area (Å²) in [5.74, 6) is -0.960.